The second-order valence-corrected chi connectivity index (χ2v) is 5.00. The Hall–Kier alpha value is -2.09. The van der Waals surface area contributed by atoms with Crippen LogP contribution >= 0.6 is 0 Å². The molecule has 0 atom stereocenters. The highest BCUT2D eigenvalue weighted by Crippen LogP contribution is 2.11. The van der Waals surface area contributed by atoms with Crippen LogP contribution in [0, 0.1) is 6.92 Å². The van der Waals surface area contributed by atoms with Crippen molar-refractivity contribution in [2.45, 2.75) is 26.8 Å². The Morgan fingerprint density at radius 1 is 1.00 bits per heavy atom. The van der Waals surface area contributed by atoms with Gasteiger partial charge >= 0.3 is 0 Å². The summed E-state index contributed by atoms with van der Waals surface area (Å²) < 4.78 is 0. The highest BCUT2D eigenvalue weighted by Gasteiger charge is 2.13. The molecule has 0 saturated heterocycles. The summed E-state index contributed by atoms with van der Waals surface area (Å²) in [6.45, 7) is 5.50. The van der Waals surface area contributed by atoms with Gasteiger partial charge < -0.3 is 4.90 Å². The normalized spacial score (nSPS) is 10.3. The Bertz CT molecular complexity index is 563. The van der Waals surface area contributed by atoms with Gasteiger partial charge in [-0.3, -0.25) is 4.79 Å². The SMILES string of the molecule is CCN(Cc1ccccc1)C(=O)Cc1ccccc1C. The third-order valence-corrected chi connectivity index (χ3v) is 3.55. The van der Waals surface area contributed by atoms with Gasteiger partial charge in [-0.2, -0.15) is 0 Å². The number of hydrogen-bond acceptors (Lipinski definition) is 1. The van der Waals surface area contributed by atoms with Crippen molar-refractivity contribution in [2.75, 3.05) is 6.54 Å². The first-order chi connectivity index (χ1) is 9.70. The number of benzene rings is 2. The fraction of sp³-hybridized carbons (Fsp3) is 0.278. The van der Waals surface area contributed by atoms with Gasteiger partial charge in [-0.15, -0.1) is 0 Å². The number of carbonyl (C=O) groups excluding carboxylic acids is 1. The fourth-order valence-corrected chi connectivity index (χ4v) is 2.26. The molecule has 0 aliphatic rings. The summed E-state index contributed by atoms with van der Waals surface area (Å²) in [5.74, 6) is 0.186. The lowest BCUT2D eigenvalue weighted by molar-refractivity contribution is -0.130. The van der Waals surface area contributed by atoms with Crippen molar-refractivity contribution >= 4 is 5.91 Å². The lowest BCUT2D eigenvalue weighted by Gasteiger charge is -2.21. The van der Waals surface area contributed by atoms with Crippen LogP contribution < -0.4 is 0 Å². The van der Waals surface area contributed by atoms with Gasteiger partial charge in [0.1, 0.15) is 0 Å². The molecule has 1 amide bonds. The van der Waals surface area contributed by atoms with E-state index in [0.717, 1.165) is 12.1 Å². The van der Waals surface area contributed by atoms with E-state index in [1.807, 2.05) is 48.2 Å². The Kier molecular flexibility index (Phi) is 4.94. The standard InChI is InChI=1S/C18H21NO/c1-3-19(14-16-10-5-4-6-11-16)18(20)13-17-12-8-7-9-15(17)2/h4-12H,3,13-14H2,1-2H3. The topological polar surface area (TPSA) is 20.3 Å². The zero-order valence-corrected chi connectivity index (χ0v) is 12.2. The largest absolute Gasteiger partial charge is 0.338 e. The second kappa shape index (κ2) is 6.90. The monoisotopic (exact) mass is 267 g/mol. The van der Waals surface area contributed by atoms with Crippen LogP contribution in [0.25, 0.3) is 0 Å². The number of aryl methyl sites for hydroxylation is 1. The van der Waals surface area contributed by atoms with Crippen molar-refractivity contribution in [2.24, 2.45) is 0 Å². The molecule has 2 heteroatoms. The van der Waals surface area contributed by atoms with Gasteiger partial charge in [0.2, 0.25) is 5.91 Å². The third kappa shape index (κ3) is 3.70. The molecule has 2 aromatic carbocycles. The molecule has 0 aliphatic carbocycles. The van der Waals surface area contributed by atoms with E-state index < -0.39 is 0 Å². The summed E-state index contributed by atoms with van der Waals surface area (Å²) in [7, 11) is 0. The molecule has 0 aromatic heterocycles. The predicted octanol–water partition coefficient (Wildman–Crippen LogP) is 3.59. The maximum Gasteiger partial charge on any atom is 0.227 e. The minimum Gasteiger partial charge on any atom is -0.338 e. The Labute approximate surface area is 121 Å². The minimum absolute atomic E-state index is 0.186. The first-order valence-electron chi connectivity index (χ1n) is 7.07. The summed E-state index contributed by atoms with van der Waals surface area (Å²) >= 11 is 0. The Morgan fingerprint density at radius 2 is 1.65 bits per heavy atom. The minimum atomic E-state index is 0.186. The van der Waals surface area contributed by atoms with E-state index >= 15 is 0 Å². The molecule has 0 saturated carbocycles. The van der Waals surface area contributed by atoms with Crippen molar-refractivity contribution in [1.82, 2.24) is 4.90 Å². The summed E-state index contributed by atoms with van der Waals surface area (Å²) in [6.07, 6.45) is 0.480. The van der Waals surface area contributed by atoms with Crippen LogP contribution in [0.4, 0.5) is 0 Å². The van der Waals surface area contributed by atoms with E-state index in [-0.39, 0.29) is 5.91 Å². The first-order valence-corrected chi connectivity index (χ1v) is 7.07. The van der Waals surface area contributed by atoms with Crippen LogP contribution in [0.15, 0.2) is 54.6 Å². The van der Waals surface area contributed by atoms with E-state index in [4.69, 9.17) is 0 Å². The molecule has 0 N–H and O–H groups in total. The molecule has 2 nitrogen and oxygen atoms in total. The van der Waals surface area contributed by atoms with Crippen LogP contribution in [0.3, 0.4) is 0 Å². The summed E-state index contributed by atoms with van der Waals surface area (Å²) in [6, 6.07) is 18.2. The number of amides is 1. The lowest BCUT2D eigenvalue weighted by atomic mass is 10.1. The van der Waals surface area contributed by atoms with Crippen molar-refractivity contribution < 1.29 is 4.79 Å². The van der Waals surface area contributed by atoms with Gasteiger partial charge in [-0.1, -0.05) is 54.6 Å². The molecule has 0 fully saturated rings. The van der Waals surface area contributed by atoms with Crippen LogP contribution in [-0.2, 0) is 17.8 Å². The van der Waals surface area contributed by atoms with Gasteiger partial charge in [-0.25, -0.2) is 0 Å². The molecule has 0 spiro atoms. The molecule has 20 heavy (non-hydrogen) atoms. The average molecular weight is 267 g/mol. The Morgan fingerprint density at radius 3 is 2.30 bits per heavy atom. The smallest absolute Gasteiger partial charge is 0.227 e. The Balaban J connectivity index is 2.04. The van der Waals surface area contributed by atoms with E-state index in [9.17, 15) is 4.79 Å². The van der Waals surface area contributed by atoms with E-state index in [1.54, 1.807) is 0 Å². The third-order valence-electron chi connectivity index (χ3n) is 3.55. The highest BCUT2D eigenvalue weighted by molar-refractivity contribution is 5.79. The van der Waals surface area contributed by atoms with Crippen LogP contribution in [-0.4, -0.2) is 17.4 Å². The number of nitrogens with zero attached hydrogens (tertiary/aromatic N) is 1. The van der Waals surface area contributed by atoms with Gasteiger partial charge in [-0.05, 0) is 30.5 Å². The zero-order valence-electron chi connectivity index (χ0n) is 12.2. The predicted molar refractivity (Wildman–Crippen MR) is 82.4 cm³/mol. The molecule has 0 unspecified atom stereocenters. The van der Waals surface area contributed by atoms with Gasteiger partial charge in [0, 0.05) is 13.1 Å². The average Bonchev–Trinajstić information content (AvgIpc) is 2.48. The van der Waals surface area contributed by atoms with Crippen molar-refractivity contribution in [3.8, 4) is 0 Å². The molecule has 104 valence electrons. The molecule has 0 heterocycles. The lowest BCUT2D eigenvalue weighted by Crippen LogP contribution is -2.31. The quantitative estimate of drug-likeness (QED) is 0.810. The van der Waals surface area contributed by atoms with E-state index in [2.05, 4.69) is 25.1 Å². The highest BCUT2D eigenvalue weighted by atomic mass is 16.2. The summed E-state index contributed by atoms with van der Waals surface area (Å²) in [5, 5.41) is 0. The second-order valence-electron chi connectivity index (χ2n) is 5.00. The van der Waals surface area contributed by atoms with Crippen LogP contribution in [0.1, 0.15) is 23.6 Å². The van der Waals surface area contributed by atoms with E-state index in [1.165, 1.54) is 11.1 Å². The van der Waals surface area contributed by atoms with Crippen LogP contribution in [0.5, 0.6) is 0 Å². The summed E-state index contributed by atoms with van der Waals surface area (Å²) in [4.78, 5) is 14.3. The molecule has 0 bridgehead atoms. The number of likely N-dealkylation sites (N-methyl/N-ethyl adjacent to an activating group) is 1. The van der Waals surface area contributed by atoms with Crippen molar-refractivity contribution in [3.63, 3.8) is 0 Å². The maximum absolute atomic E-state index is 12.4. The zero-order chi connectivity index (χ0) is 14.4. The fourth-order valence-electron chi connectivity index (χ4n) is 2.26. The first kappa shape index (κ1) is 14.3. The molecule has 0 radical (unpaired) electrons. The molecule has 2 aromatic rings. The summed E-state index contributed by atoms with van der Waals surface area (Å²) in [5.41, 5.74) is 3.47. The maximum atomic E-state index is 12.4. The van der Waals surface area contributed by atoms with Gasteiger partial charge in [0.05, 0.1) is 6.42 Å². The molecular formula is C18H21NO. The molecular weight excluding hydrogens is 246 g/mol. The number of hydrogen-bond donors (Lipinski definition) is 0. The number of carbonyl (C=O) groups is 1. The molecule has 2 rings (SSSR count). The van der Waals surface area contributed by atoms with Crippen molar-refractivity contribution in [1.29, 1.82) is 0 Å². The van der Waals surface area contributed by atoms with E-state index in [0.29, 0.717) is 13.0 Å². The van der Waals surface area contributed by atoms with Crippen molar-refractivity contribution in [3.05, 3.63) is 71.3 Å². The molecule has 0 aliphatic heterocycles. The van der Waals surface area contributed by atoms with Crippen LogP contribution in [0.2, 0.25) is 0 Å². The van der Waals surface area contributed by atoms with Gasteiger partial charge in [0.25, 0.3) is 0 Å². The number of rotatable bonds is 5. The van der Waals surface area contributed by atoms with Gasteiger partial charge in [0.15, 0.2) is 0 Å².